The quantitative estimate of drug-likeness (QED) is 0.943. The van der Waals surface area contributed by atoms with Crippen LogP contribution in [0.15, 0.2) is 30.3 Å². The Balaban J connectivity index is 1.72. The van der Waals surface area contributed by atoms with Gasteiger partial charge in [0.05, 0.1) is 17.0 Å². The van der Waals surface area contributed by atoms with E-state index in [1.54, 1.807) is 0 Å². The number of Topliss-reactive ketones (excluding diaryl/α,β-unsaturated/α-hetero) is 1. The first kappa shape index (κ1) is 14.9. The number of nitrogens with zero attached hydrogens (tertiary/aromatic N) is 1. The molecule has 22 heavy (non-hydrogen) atoms. The molecule has 0 saturated carbocycles. The van der Waals surface area contributed by atoms with Gasteiger partial charge in [-0.3, -0.25) is 9.59 Å². The number of nitrogens with one attached hydrogen (secondary N) is 1. The van der Waals surface area contributed by atoms with E-state index < -0.39 is 0 Å². The Labute approximate surface area is 133 Å². The Morgan fingerprint density at radius 3 is 2.73 bits per heavy atom. The van der Waals surface area contributed by atoms with Gasteiger partial charge in [0.25, 0.3) is 0 Å². The minimum Gasteiger partial charge on any atom is -0.302 e. The molecule has 0 bridgehead atoms. The maximum Gasteiger partial charge on any atom is 0.230 e. The fraction of sp³-hybridized carbons (Fsp3) is 0.353. The molecule has 1 aliphatic carbocycles. The van der Waals surface area contributed by atoms with E-state index >= 15 is 0 Å². The lowest BCUT2D eigenvalue weighted by Crippen LogP contribution is -2.26. The van der Waals surface area contributed by atoms with Gasteiger partial charge in [-0.25, -0.2) is 4.98 Å². The molecule has 1 amide bonds. The van der Waals surface area contributed by atoms with E-state index in [9.17, 15) is 9.59 Å². The van der Waals surface area contributed by atoms with Gasteiger partial charge >= 0.3 is 0 Å². The van der Waals surface area contributed by atoms with Crippen LogP contribution in [0.4, 0.5) is 5.13 Å². The van der Waals surface area contributed by atoms with Crippen LogP contribution in [0.1, 0.15) is 41.2 Å². The first-order valence-electron chi connectivity index (χ1n) is 7.30. The SMILES string of the molecule is CC1(C)CC(=O)c2sc(NC(=O)Cc3ccccc3)nc2C1. The molecule has 1 aliphatic rings. The van der Waals surface area contributed by atoms with Gasteiger partial charge in [0.15, 0.2) is 10.9 Å². The number of thiazole rings is 1. The van der Waals surface area contributed by atoms with Crippen molar-refractivity contribution in [2.45, 2.75) is 33.1 Å². The van der Waals surface area contributed by atoms with Crippen molar-refractivity contribution < 1.29 is 9.59 Å². The number of benzene rings is 1. The van der Waals surface area contributed by atoms with Crippen LogP contribution in [0.2, 0.25) is 0 Å². The predicted molar refractivity (Wildman–Crippen MR) is 87.3 cm³/mol. The lowest BCUT2D eigenvalue weighted by Gasteiger charge is -2.26. The summed E-state index contributed by atoms with van der Waals surface area (Å²) in [5.74, 6) is 0.0244. The van der Waals surface area contributed by atoms with E-state index in [4.69, 9.17) is 0 Å². The zero-order valence-corrected chi connectivity index (χ0v) is 13.5. The van der Waals surface area contributed by atoms with Crippen LogP contribution in [0.5, 0.6) is 0 Å². The van der Waals surface area contributed by atoms with Crippen molar-refractivity contribution >= 4 is 28.2 Å². The van der Waals surface area contributed by atoms with Crippen LogP contribution >= 0.6 is 11.3 Å². The number of ketones is 1. The molecule has 3 rings (SSSR count). The third-order valence-corrected chi connectivity index (χ3v) is 4.74. The number of aromatic nitrogens is 1. The molecular weight excluding hydrogens is 296 g/mol. The summed E-state index contributed by atoms with van der Waals surface area (Å²) < 4.78 is 0. The number of amides is 1. The fourth-order valence-electron chi connectivity index (χ4n) is 2.72. The van der Waals surface area contributed by atoms with E-state index in [-0.39, 0.29) is 17.1 Å². The van der Waals surface area contributed by atoms with E-state index in [0.717, 1.165) is 17.7 Å². The molecule has 0 spiro atoms. The summed E-state index contributed by atoms with van der Waals surface area (Å²) in [6.45, 7) is 4.14. The van der Waals surface area contributed by atoms with Gasteiger partial charge in [-0.05, 0) is 17.4 Å². The number of carbonyl (C=O) groups excluding carboxylic acids is 2. The standard InChI is InChI=1S/C17H18N2O2S/c1-17(2)9-12-15(13(20)10-17)22-16(18-12)19-14(21)8-11-6-4-3-5-7-11/h3-7H,8-10H2,1-2H3,(H,18,19,21). The topological polar surface area (TPSA) is 59.1 Å². The van der Waals surface area contributed by atoms with E-state index in [1.807, 2.05) is 30.3 Å². The average Bonchev–Trinajstić information content (AvgIpc) is 2.80. The van der Waals surface area contributed by atoms with E-state index in [2.05, 4.69) is 24.1 Å². The summed E-state index contributed by atoms with van der Waals surface area (Å²) in [4.78, 5) is 29.4. The maximum atomic E-state index is 12.1. The van der Waals surface area contributed by atoms with Gasteiger partial charge < -0.3 is 5.32 Å². The normalized spacial score (nSPS) is 16.2. The Morgan fingerprint density at radius 1 is 1.27 bits per heavy atom. The Bertz CT molecular complexity index is 720. The van der Waals surface area contributed by atoms with Gasteiger partial charge in [-0.15, -0.1) is 0 Å². The van der Waals surface area contributed by atoms with Crippen LogP contribution in [-0.4, -0.2) is 16.7 Å². The molecule has 2 aromatic rings. The smallest absolute Gasteiger partial charge is 0.230 e. The molecule has 1 aromatic carbocycles. The zero-order valence-electron chi connectivity index (χ0n) is 12.7. The second-order valence-electron chi connectivity index (χ2n) is 6.45. The van der Waals surface area contributed by atoms with Crippen LogP contribution in [-0.2, 0) is 17.6 Å². The molecule has 1 heterocycles. The molecular formula is C17H18N2O2S. The molecule has 0 aliphatic heterocycles. The lowest BCUT2D eigenvalue weighted by molar-refractivity contribution is -0.115. The van der Waals surface area contributed by atoms with Gasteiger partial charge in [-0.1, -0.05) is 55.5 Å². The highest BCUT2D eigenvalue weighted by Gasteiger charge is 2.34. The number of hydrogen-bond acceptors (Lipinski definition) is 4. The molecule has 1 aromatic heterocycles. The molecule has 1 N–H and O–H groups in total. The summed E-state index contributed by atoms with van der Waals surface area (Å²) >= 11 is 1.29. The average molecular weight is 314 g/mol. The van der Waals surface area contributed by atoms with Crippen molar-refractivity contribution in [1.82, 2.24) is 4.98 Å². The molecule has 114 valence electrons. The summed E-state index contributed by atoms with van der Waals surface area (Å²) in [6.07, 6.45) is 1.63. The molecule has 5 heteroatoms. The van der Waals surface area contributed by atoms with Gasteiger partial charge in [0.1, 0.15) is 0 Å². The Hall–Kier alpha value is -2.01. The van der Waals surface area contributed by atoms with Crippen LogP contribution < -0.4 is 5.32 Å². The van der Waals surface area contributed by atoms with Crippen LogP contribution in [0.25, 0.3) is 0 Å². The largest absolute Gasteiger partial charge is 0.302 e. The molecule has 0 saturated heterocycles. The minimum atomic E-state index is -0.107. The Kier molecular flexibility index (Phi) is 3.83. The lowest BCUT2D eigenvalue weighted by atomic mass is 9.78. The molecule has 4 nitrogen and oxygen atoms in total. The third-order valence-electron chi connectivity index (χ3n) is 3.69. The first-order chi connectivity index (χ1) is 10.4. The van der Waals surface area contributed by atoms with Gasteiger partial charge in [-0.2, -0.15) is 0 Å². The monoisotopic (exact) mass is 314 g/mol. The first-order valence-corrected chi connectivity index (χ1v) is 8.11. The highest BCUT2D eigenvalue weighted by Crippen LogP contribution is 2.38. The fourth-order valence-corrected chi connectivity index (χ4v) is 3.65. The Morgan fingerprint density at radius 2 is 2.00 bits per heavy atom. The predicted octanol–water partition coefficient (Wildman–Crippen LogP) is 3.48. The molecule has 0 fully saturated rings. The third kappa shape index (κ3) is 3.25. The maximum absolute atomic E-state index is 12.1. The summed E-state index contributed by atoms with van der Waals surface area (Å²) in [7, 11) is 0. The minimum absolute atomic E-state index is 0.0521. The van der Waals surface area contributed by atoms with Crippen molar-refractivity contribution in [2.75, 3.05) is 5.32 Å². The molecule has 0 radical (unpaired) electrons. The summed E-state index contributed by atoms with van der Waals surface area (Å²) in [5.41, 5.74) is 1.73. The van der Waals surface area contributed by atoms with Crippen molar-refractivity contribution in [2.24, 2.45) is 5.41 Å². The highest BCUT2D eigenvalue weighted by atomic mass is 32.1. The summed E-state index contributed by atoms with van der Waals surface area (Å²) in [6, 6.07) is 9.57. The number of hydrogen-bond donors (Lipinski definition) is 1. The van der Waals surface area contributed by atoms with Crippen molar-refractivity contribution in [3.8, 4) is 0 Å². The van der Waals surface area contributed by atoms with Crippen molar-refractivity contribution in [3.05, 3.63) is 46.5 Å². The van der Waals surface area contributed by atoms with Crippen LogP contribution in [0.3, 0.4) is 0 Å². The number of fused-ring (bicyclic) bond motifs is 1. The van der Waals surface area contributed by atoms with Crippen molar-refractivity contribution in [1.29, 1.82) is 0 Å². The zero-order chi connectivity index (χ0) is 15.7. The number of rotatable bonds is 3. The van der Waals surface area contributed by atoms with Gasteiger partial charge in [0, 0.05) is 6.42 Å². The highest BCUT2D eigenvalue weighted by molar-refractivity contribution is 7.17. The summed E-state index contributed by atoms with van der Waals surface area (Å²) in [5, 5.41) is 3.34. The van der Waals surface area contributed by atoms with Crippen molar-refractivity contribution in [3.63, 3.8) is 0 Å². The molecule has 0 unspecified atom stereocenters. The molecule has 0 atom stereocenters. The van der Waals surface area contributed by atoms with Crippen LogP contribution in [0, 0.1) is 5.41 Å². The number of carbonyl (C=O) groups is 2. The van der Waals surface area contributed by atoms with E-state index in [0.29, 0.717) is 22.9 Å². The van der Waals surface area contributed by atoms with Gasteiger partial charge in [0.2, 0.25) is 5.91 Å². The van der Waals surface area contributed by atoms with E-state index in [1.165, 1.54) is 11.3 Å². The second-order valence-corrected chi connectivity index (χ2v) is 7.45. The number of anilines is 1. The second kappa shape index (κ2) is 5.65.